The molecule has 0 saturated carbocycles. The molecule has 1 aromatic rings. The molecule has 0 spiro atoms. The molecule has 2 rings (SSSR count). The van der Waals surface area contributed by atoms with Crippen molar-refractivity contribution >= 4 is 27.7 Å². The van der Waals surface area contributed by atoms with Crippen LogP contribution in [0.15, 0.2) is 28.7 Å². The van der Waals surface area contributed by atoms with Gasteiger partial charge in [-0.3, -0.25) is 9.59 Å². The van der Waals surface area contributed by atoms with E-state index in [0.717, 1.165) is 10.0 Å². The minimum absolute atomic E-state index is 0.0662. The van der Waals surface area contributed by atoms with Crippen LogP contribution in [0.4, 0.5) is 0 Å². The highest BCUT2D eigenvalue weighted by molar-refractivity contribution is 9.10. The largest absolute Gasteiger partial charge is 0.350 e. The number of nitrogens with zero attached hydrogens (tertiary/aromatic N) is 1. The lowest BCUT2D eigenvalue weighted by Gasteiger charge is -2.22. The first-order chi connectivity index (χ1) is 9.13. The van der Waals surface area contributed by atoms with E-state index in [-0.39, 0.29) is 17.9 Å². The number of hydrogen-bond donors (Lipinski definition) is 1. The Bertz CT molecular complexity index is 490. The molecule has 102 valence electrons. The Kier molecular flexibility index (Phi) is 4.58. The summed E-state index contributed by atoms with van der Waals surface area (Å²) in [4.78, 5) is 25.4. The van der Waals surface area contributed by atoms with Gasteiger partial charge in [-0.05, 0) is 25.0 Å². The monoisotopic (exact) mass is 324 g/mol. The van der Waals surface area contributed by atoms with Crippen LogP contribution in [0.25, 0.3) is 0 Å². The van der Waals surface area contributed by atoms with Crippen LogP contribution in [-0.4, -0.2) is 29.3 Å². The molecule has 1 fully saturated rings. The van der Waals surface area contributed by atoms with Gasteiger partial charge in [0, 0.05) is 24.0 Å². The van der Waals surface area contributed by atoms with Gasteiger partial charge in [0.1, 0.15) is 6.04 Å². The van der Waals surface area contributed by atoms with Gasteiger partial charge in [-0.15, -0.1) is 0 Å². The summed E-state index contributed by atoms with van der Waals surface area (Å²) in [5.74, 6) is 0.00648. The summed E-state index contributed by atoms with van der Waals surface area (Å²) in [5, 5.41) is 2.90. The standard InChI is InChI=1S/C14H17BrN2O2/c1-2-17-12(7-8-13(17)18)14(19)16-9-10-5-3-4-6-11(10)15/h3-6,12H,2,7-9H2,1H3,(H,16,19). The molecule has 0 radical (unpaired) electrons. The lowest BCUT2D eigenvalue weighted by atomic mass is 10.2. The topological polar surface area (TPSA) is 49.4 Å². The van der Waals surface area contributed by atoms with Crippen LogP contribution >= 0.6 is 15.9 Å². The van der Waals surface area contributed by atoms with Gasteiger partial charge in [0.05, 0.1) is 0 Å². The molecule has 19 heavy (non-hydrogen) atoms. The fourth-order valence-corrected chi connectivity index (χ4v) is 2.77. The molecule has 4 nitrogen and oxygen atoms in total. The van der Waals surface area contributed by atoms with Crippen LogP contribution in [0.2, 0.25) is 0 Å². The molecule has 1 atom stereocenters. The maximum absolute atomic E-state index is 12.1. The fraction of sp³-hybridized carbons (Fsp3) is 0.429. The van der Waals surface area contributed by atoms with Gasteiger partial charge >= 0.3 is 0 Å². The quantitative estimate of drug-likeness (QED) is 0.921. The molecule has 1 aliphatic heterocycles. The highest BCUT2D eigenvalue weighted by atomic mass is 79.9. The maximum Gasteiger partial charge on any atom is 0.243 e. The molecule has 1 saturated heterocycles. The number of benzene rings is 1. The molecule has 0 aromatic heterocycles. The SMILES string of the molecule is CCN1C(=O)CCC1C(=O)NCc1ccccc1Br. The summed E-state index contributed by atoms with van der Waals surface area (Å²) in [7, 11) is 0. The Morgan fingerprint density at radius 1 is 1.47 bits per heavy atom. The normalized spacial score (nSPS) is 18.7. The Morgan fingerprint density at radius 2 is 2.21 bits per heavy atom. The molecular weight excluding hydrogens is 308 g/mol. The molecule has 1 heterocycles. The minimum Gasteiger partial charge on any atom is -0.350 e. The van der Waals surface area contributed by atoms with Crippen LogP contribution in [0, 0.1) is 0 Å². The average Bonchev–Trinajstić information content (AvgIpc) is 2.78. The zero-order valence-electron chi connectivity index (χ0n) is 10.9. The van der Waals surface area contributed by atoms with Gasteiger partial charge in [-0.1, -0.05) is 34.1 Å². The highest BCUT2D eigenvalue weighted by Gasteiger charge is 2.34. The number of likely N-dealkylation sites (tertiary alicyclic amines) is 1. The second kappa shape index (κ2) is 6.19. The number of nitrogens with one attached hydrogen (secondary N) is 1. The Hall–Kier alpha value is -1.36. The molecule has 1 unspecified atom stereocenters. The van der Waals surface area contributed by atoms with Gasteiger partial charge < -0.3 is 10.2 Å². The van der Waals surface area contributed by atoms with Crippen LogP contribution in [0.1, 0.15) is 25.3 Å². The van der Waals surface area contributed by atoms with Crippen molar-refractivity contribution in [1.82, 2.24) is 10.2 Å². The molecule has 1 N–H and O–H groups in total. The zero-order valence-corrected chi connectivity index (χ0v) is 12.4. The fourth-order valence-electron chi connectivity index (χ4n) is 2.34. The summed E-state index contributed by atoms with van der Waals surface area (Å²) in [6.07, 6.45) is 1.09. The molecular formula is C14H17BrN2O2. The third-order valence-corrected chi connectivity index (χ3v) is 4.16. The van der Waals surface area contributed by atoms with Gasteiger partial charge in [0.25, 0.3) is 0 Å². The second-order valence-corrected chi connectivity index (χ2v) is 5.40. The van der Waals surface area contributed by atoms with Gasteiger partial charge in [0.2, 0.25) is 11.8 Å². The van der Waals surface area contributed by atoms with Crippen molar-refractivity contribution in [2.45, 2.75) is 32.4 Å². The number of carbonyl (C=O) groups is 2. The molecule has 1 aromatic carbocycles. The van der Waals surface area contributed by atoms with Crippen molar-refractivity contribution in [1.29, 1.82) is 0 Å². The van der Waals surface area contributed by atoms with E-state index in [1.54, 1.807) is 4.90 Å². The van der Waals surface area contributed by atoms with Crippen molar-refractivity contribution < 1.29 is 9.59 Å². The second-order valence-electron chi connectivity index (χ2n) is 4.54. The Labute approximate surface area is 121 Å². The molecule has 2 amide bonds. The predicted octanol–water partition coefficient (Wildman–Crippen LogP) is 2.08. The van der Waals surface area contributed by atoms with E-state index < -0.39 is 0 Å². The third-order valence-electron chi connectivity index (χ3n) is 3.38. The van der Waals surface area contributed by atoms with Crippen molar-refractivity contribution in [2.24, 2.45) is 0 Å². The maximum atomic E-state index is 12.1. The van der Waals surface area contributed by atoms with E-state index >= 15 is 0 Å². The van der Waals surface area contributed by atoms with Crippen LogP contribution < -0.4 is 5.32 Å². The van der Waals surface area contributed by atoms with E-state index in [1.165, 1.54) is 0 Å². The molecule has 0 aliphatic carbocycles. The Balaban J connectivity index is 1.95. The van der Waals surface area contributed by atoms with Crippen LogP contribution in [-0.2, 0) is 16.1 Å². The molecule has 1 aliphatic rings. The van der Waals surface area contributed by atoms with Crippen LogP contribution in [0.3, 0.4) is 0 Å². The molecule has 5 heteroatoms. The zero-order chi connectivity index (χ0) is 13.8. The number of carbonyl (C=O) groups excluding carboxylic acids is 2. The van der Waals surface area contributed by atoms with Crippen molar-refractivity contribution in [3.8, 4) is 0 Å². The Morgan fingerprint density at radius 3 is 2.89 bits per heavy atom. The van der Waals surface area contributed by atoms with Crippen molar-refractivity contribution in [2.75, 3.05) is 6.54 Å². The lowest BCUT2D eigenvalue weighted by molar-refractivity contribution is -0.135. The summed E-state index contributed by atoms with van der Waals surface area (Å²) < 4.78 is 0.977. The van der Waals surface area contributed by atoms with Crippen molar-refractivity contribution in [3.63, 3.8) is 0 Å². The summed E-state index contributed by atoms with van der Waals surface area (Å²) in [6.45, 7) is 2.96. The number of hydrogen-bond acceptors (Lipinski definition) is 2. The highest BCUT2D eigenvalue weighted by Crippen LogP contribution is 2.19. The van der Waals surface area contributed by atoms with E-state index in [2.05, 4.69) is 21.2 Å². The van der Waals surface area contributed by atoms with Gasteiger partial charge in [-0.2, -0.15) is 0 Å². The van der Waals surface area contributed by atoms with E-state index in [0.29, 0.717) is 25.9 Å². The first-order valence-electron chi connectivity index (χ1n) is 6.44. The average molecular weight is 325 g/mol. The number of likely N-dealkylation sites (N-methyl/N-ethyl adjacent to an activating group) is 1. The minimum atomic E-state index is -0.306. The predicted molar refractivity (Wildman–Crippen MR) is 76.4 cm³/mol. The van der Waals surface area contributed by atoms with Gasteiger partial charge in [-0.25, -0.2) is 0 Å². The third kappa shape index (κ3) is 3.15. The van der Waals surface area contributed by atoms with Crippen LogP contribution in [0.5, 0.6) is 0 Å². The molecule has 0 bridgehead atoms. The summed E-state index contributed by atoms with van der Waals surface area (Å²) in [5.41, 5.74) is 1.03. The number of rotatable bonds is 4. The van der Waals surface area contributed by atoms with E-state index in [9.17, 15) is 9.59 Å². The summed E-state index contributed by atoms with van der Waals surface area (Å²) >= 11 is 3.45. The van der Waals surface area contributed by atoms with Gasteiger partial charge in [0.15, 0.2) is 0 Å². The van der Waals surface area contributed by atoms with Crippen molar-refractivity contribution in [3.05, 3.63) is 34.3 Å². The van der Waals surface area contributed by atoms with E-state index in [4.69, 9.17) is 0 Å². The smallest absolute Gasteiger partial charge is 0.243 e. The van der Waals surface area contributed by atoms with E-state index in [1.807, 2.05) is 31.2 Å². The first kappa shape index (κ1) is 14.1. The lowest BCUT2D eigenvalue weighted by Crippen LogP contribution is -2.44. The summed E-state index contributed by atoms with van der Waals surface area (Å²) in [6, 6.07) is 7.47. The first-order valence-corrected chi connectivity index (χ1v) is 7.23. The number of halogens is 1. The number of amides is 2.